The summed E-state index contributed by atoms with van der Waals surface area (Å²) in [5, 5.41) is 0.355. The molecule has 0 saturated carbocycles. The Labute approximate surface area is 143 Å². The van der Waals surface area contributed by atoms with Crippen LogP contribution in [0.4, 0.5) is 13.2 Å². The lowest BCUT2D eigenvalue weighted by atomic mass is 10.2. The van der Waals surface area contributed by atoms with Crippen molar-refractivity contribution in [1.82, 2.24) is 9.55 Å². The van der Waals surface area contributed by atoms with Crippen LogP contribution in [0.1, 0.15) is 48.7 Å². The van der Waals surface area contributed by atoms with Crippen molar-refractivity contribution in [3.05, 3.63) is 46.5 Å². The van der Waals surface area contributed by atoms with Gasteiger partial charge in [-0.1, -0.05) is 37.1 Å². The summed E-state index contributed by atoms with van der Waals surface area (Å²) in [7, 11) is 0. The number of ketones is 1. The molecular formula is C17H18ClF3N2O. The van der Waals surface area contributed by atoms with Crippen molar-refractivity contribution in [2.45, 2.75) is 45.7 Å². The number of imidazole rings is 1. The highest BCUT2D eigenvalue weighted by molar-refractivity contribution is 6.32. The molecule has 24 heavy (non-hydrogen) atoms. The summed E-state index contributed by atoms with van der Waals surface area (Å²) in [6.07, 6.45) is -3.59. The van der Waals surface area contributed by atoms with Gasteiger partial charge in [0.05, 0.1) is 22.8 Å². The maximum Gasteiger partial charge on any atom is 0.394 e. The molecule has 0 aliphatic rings. The highest BCUT2D eigenvalue weighted by Crippen LogP contribution is 2.29. The van der Waals surface area contributed by atoms with E-state index in [4.69, 9.17) is 11.6 Å². The van der Waals surface area contributed by atoms with Crippen LogP contribution in [-0.2, 0) is 12.8 Å². The third-order valence-electron chi connectivity index (χ3n) is 3.57. The third-order valence-corrected chi connectivity index (χ3v) is 3.89. The molecule has 2 aromatic rings. The zero-order chi connectivity index (χ0) is 17.9. The molecular weight excluding hydrogens is 341 g/mol. The minimum absolute atomic E-state index is 0.0495. The molecule has 7 heteroatoms. The van der Waals surface area contributed by atoms with Crippen LogP contribution >= 0.6 is 11.6 Å². The number of unbranched alkanes of at least 4 members (excludes halogenated alkanes) is 1. The molecule has 0 atom stereocenters. The summed E-state index contributed by atoms with van der Waals surface area (Å²) >= 11 is 6.20. The van der Waals surface area contributed by atoms with E-state index in [1.165, 1.54) is 11.5 Å². The lowest BCUT2D eigenvalue weighted by Crippen LogP contribution is -2.16. The summed E-state index contributed by atoms with van der Waals surface area (Å²) in [6, 6.07) is 6.74. The molecule has 2 rings (SSSR count). The molecule has 1 aromatic heterocycles. The monoisotopic (exact) mass is 358 g/mol. The first-order chi connectivity index (χ1) is 11.2. The number of alkyl halides is 3. The number of halogens is 4. The zero-order valence-electron chi connectivity index (χ0n) is 13.5. The highest BCUT2D eigenvalue weighted by Gasteiger charge is 2.33. The maximum atomic E-state index is 12.9. The Bertz CT molecular complexity index is 738. The van der Waals surface area contributed by atoms with Crippen LogP contribution in [0.3, 0.4) is 0 Å². The topological polar surface area (TPSA) is 34.9 Å². The van der Waals surface area contributed by atoms with E-state index >= 15 is 0 Å². The molecule has 0 fully saturated rings. The molecule has 0 N–H and O–H groups in total. The molecule has 0 aliphatic heterocycles. The van der Waals surface area contributed by atoms with Crippen molar-refractivity contribution >= 4 is 17.4 Å². The number of rotatable bonds is 6. The summed E-state index contributed by atoms with van der Waals surface area (Å²) in [5.74, 6) is -0.0428. The van der Waals surface area contributed by atoms with Crippen LogP contribution in [0, 0.1) is 0 Å². The van der Waals surface area contributed by atoms with Gasteiger partial charge in [-0.05, 0) is 18.6 Å². The van der Waals surface area contributed by atoms with Crippen LogP contribution in [0.2, 0.25) is 5.02 Å². The van der Waals surface area contributed by atoms with Gasteiger partial charge in [0.25, 0.3) is 0 Å². The van der Waals surface area contributed by atoms with Crippen LogP contribution in [0.5, 0.6) is 0 Å². The Kier molecular flexibility index (Phi) is 5.70. The minimum atomic E-state index is -4.44. The standard InChI is InChI=1S/C17H18ClF3N2O/c1-3-4-9-15-22-13(10-17(19,20)21)16(11(2)24)23(15)14-8-6-5-7-12(14)18/h5-8H,3-4,9-10H2,1-2H3. The minimum Gasteiger partial charge on any atom is -0.293 e. The van der Waals surface area contributed by atoms with Crippen LogP contribution in [-0.4, -0.2) is 21.5 Å². The maximum absolute atomic E-state index is 12.9. The van der Waals surface area contributed by atoms with Crippen molar-refractivity contribution in [1.29, 1.82) is 0 Å². The predicted octanol–water partition coefficient (Wildman–Crippen LogP) is 5.18. The first-order valence-electron chi connectivity index (χ1n) is 7.67. The van der Waals surface area contributed by atoms with Gasteiger partial charge in [-0.3, -0.25) is 9.36 Å². The number of benzene rings is 1. The van der Waals surface area contributed by atoms with Gasteiger partial charge in [0.15, 0.2) is 5.78 Å². The van der Waals surface area contributed by atoms with Crippen molar-refractivity contribution in [3.63, 3.8) is 0 Å². The zero-order valence-corrected chi connectivity index (χ0v) is 14.2. The van der Waals surface area contributed by atoms with Gasteiger partial charge in [0.2, 0.25) is 0 Å². The van der Waals surface area contributed by atoms with E-state index in [9.17, 15) is 18.0 Å². The summed E-state index contributed by atoms with van der Waals surface area (Å²) in [6.45, 7) is 3.22. The average molecular weight is 359 g/mol. The van der Waals surface area contributed by atoms with Crippen LogP contribution in [0.25, 0.3) is 5.69 Å². The molecule has 1 aromatic carbocycles. The Morgan fingerprint density at radius 1 is 1.29 bits per heavy atom. The summed E-state index contributed by atoms with van der Waals surface area (Å²) < 4.78 is 40.1. The average Bonchev–Trinajstić information content (AvgIpc) is 2.81. The quantitative estimate of drug-likeness (QED) is 0.667. The number of hydrogen-bond acceptors (Lipinski definition) is 2. The number of carbonyl (C=O) groups is 1. The van der Waals surface area contributed by atoms with E-state index < -0.39 is 18.4 Å². The molecule has 3 nitrogen and oxygen atoms in total. The molecule has 0 unspecified atom stereocenters. The second-order valence-corrected chi connectivity index (χ2v) is 5.97. The Morgan fingerprint density at radius 2 is 1.96 bits per heavy atom. The lowest BCUT2D eigenvalue weighted by molar-refractivity contribution is -0.127. The van der Waals surface area contributed by atoms with E-state index in [0.717, 1.165) is 12.8 Å². The Balaban J connectivity index is 2.68. The second-order valence-electron chi connectivity index (χ2n) is 5.56. The van der Waals surface area contributed by atoms with Gasteiger partial charge in [0, 0.05) is 13.3 Å². The Morgan fingerprint density at radius 3 is 2.50 bits per heavy atom. The first-order valence-corrected chi connectivity index (χ1v) is 8.05. The number of nitrogens with zero attached hydrogens (tertiary/aromatic N) is 2. The van der Waals surface area contributed by atoms with Gasteiger partial charge < -0.3 is 0 Å². The van der Waals surface area contributed by atoms with Gasteiger partial charge >= 0.3 is 6.18 Å². The number of aryl methyl sites for hydroxylation is 1. The fraction of sp³-hybridized carbons (Fsp3) is 0.412. The Hall–Kier alpha value is -1.82. The SMILES string of the molecule is CCCCc1nc(CC(F)(F)F)c(C(C)=O)n1-c1ccccc1Cl. The molecule has 0 spiro atoms. The summed E-state index contributed by atoms with van der Waals surface area (Å²) in [5.41, 5.74) is 0.170. The molecule has 0 aliphatic carbocycles. The van der Waals surface area contributed by atoms with Crippen molar-refractivity contribution < 1.29 is 18.0 Å². The number of Topliss-reactive ketones (excluding diaryl/α,β-unsaturated/α-hetero) is 1. The first kappa shape index (κ1) is 18.5. The van der Waals surface area contributed by atoms with Gasteiger partial charge in [-0.15, -0.1) is 0 Å². The third kappa shape index (κ3) is 4.17. The van der Waals surface area contributed by atoms with Gasteiger partial charge in [0.1, 0.15) is 11.5 Å². The number of aromatic nitrogens is 2. The van der Waals surface area contributed by atoms with E-state index in [0.29, 0.717) is 23.0 Å². The van der Waals surface area contributed by atoms with E-state index in [-0.39, 0.29) is 11.4 Å². The predicted molar refractivity (Wildman–Crippen MR) is 86.9 cm³/mol. The number of hydrogen-bond donors (Lipinski definition) is 0. The molecule has 0 saturated heterocycles. The summed E-state index contributed by atoms with van der Waals surface area (Å²) in [4.78, 5) is 16.2. The van der Waals surface area contributed by atoms with Crippen molar-refractivity contribution in [3.8, 4) is 5.69 Å². The fourth-order valence-electron chi connectivity index (χ4n) is 2.59. The highest BCUT2D eigenvalue weighted by atomic mass is 35.5. The van der Waals surface area contributed by atoms with E-state index in [2.05, 4.69) is 4.98 Å². The lowest BCUT2D eigenvalue weighted by Gasteiger charge is -2.13. The van der Waals surface area contributed by atoms with Crippen LogP contribution < -0.4 is 0 Å². The molecule has 0 amide bonds. The number of carbonyl (C=O) groups excluding carboxylic acids is 1. The van der Waals surface area contributed by atoms with Gasteiger partial charge in [-0.2, -0.15) is 13.2 Å². The largest absolute Gasteiger partial charge is 0.394 e. The van der Waals surface area contributed by atoms with Crippen molar-refractivity contribution in [2.75, 3.05) is 0 Å². The molecule has 0 bridgehead atoms. The van der Waals surface area contributed by atoms with Gasteiger partial charge in [-0.25, -0.2) is 4.98 Å². The normalized spacial score (nSPS) is 11.8. The molecule has 1 heterocycles. The molecule has 0 radical (unpaired) electrons. The number of para-hydroxylation sites is 1. The van der Waals surface area contributed by atoms with E-state index in [1.807, 2.05) is 6.92 Å². The second kappa shape index (κ2) is 7.38. The smallest absolute Gasteiger partial charge is 0.293 e. The fourth-order valence-corrected chi connectivity index (χ4v) is 2.81. The van der Waals surface area contributed by atoms with Crippen molar-refractivity contribution in [2.24, 2.45) is 0 Å². The van der Waals surface area contributed by atoms with E-state index in [1.54, 1.807) is 24.3 Å². The molecule has 130 valence electrons. The van der Waals surface area contributed by atoms with Crippen LogP contribution in [0.15, 0.2) is 24.3 Å².